The van der Waals surface area contributed by atoms with Crippen LogP contribution in [0.5, 0.6) is 11.5 Å². The zero-order valence-corrected chi connectivity index (χ0v) is 18.1. The van der Waals surface area contributed by atoms with Gasteiger partial charge in [-0.25, -0.2) is 0 Å². The van der Waals surface area contributed by atoms with Crippen LogP contribution in [-0.2, 0) is 11.3 Å². The van der Waals surface area contributed by atoms with Gasteiger partial charge in [0.15, 0.2) is 11.5 Å². The molecule has 1 aromatic rings. The molecule has 1 unspecified atom stereocenters. The second kappa shape index (κ2) is 11.7. The molecule has 1 aromatic carbocycles. The molecule has 0 saturated carbocycles. The summed E-state index contributed by atoms with van der Waals surface area (Å²) >= 11 is 0. The van der Waals surface area contributed by atoms with Gasteiger partial charge in [-0.1, -0.05) is 18.9 Å². The maximum atomic E-state index is 10.5. The largest absolute Gasteiger partial charge is 0.493 e. The SMILES string of the molecule is COc1ccc(CN2CCCCCC2)cc1OCC(O)CN1CCC(OC)CC1. The summed E-state index contributed by atoms with van der Waals surface area (Å²) in [5.74, 6) is 1.44. The molecule has 1 atom stereocenters. The highest BCUT2D eigenvalue weighted by Gasteiger charge is 2.21. The molecule has 0 radical (unpaired) electrons. The Morgan fingerprint density at radius 1 is 0.966 bits per heavy atom. The molecule has 0 bridgehead atoms. The summed E-state index contributed by atoms with van der Waals surface area (Å²) in [6.45, 7) is 6.10. The number of piperidine rings is 1. The van der Waals surface area contributed by atoms with E-state index in [0.717, 1.165) is 44.0 Å². The lowest BCUT2D eigenvalue weighted by Gasteiger charge is -2.32. The maximum Gasteiger partial charge on any atom is 0.161 e. The van der Waals surface area contributed by atoms with Crippen LogP contribution < -0.4 is 9.47 Å². The second-order valence-corrected chi connectivity index (χ2v) is 8.38. The maximum absolute atomic E-state index is 10.5. The highest BCUT2D eigenvalue weighted by Crippen LogP contribution is 2.29. The zero-order chi connectivity index (χ0) is 20.5. The van der Waals surface area contributed by atoms with E-state index in [2.05, 4.69) is 21.9 Å². The Bertz CT molecular complexity index is 597. The lowest BCUT2D eigenvalue weighted by Crippen LogP contribution is -2.42. The number of hydrogen-bond acceptors (Lipinski definition) is 6. The molecule has 2 fully saturated rings. The summed E-state index contributed by atoms with van der Waals surface area (Å²) in [6.07, 6.45) is 7.14. The van der Waals surface area contributed by atoms with Gasteiger partial charge in [0.25, 0.3) is 0 Å². The number of likely N-dealkylation sites (tertiary alicyclic amines) is 2. The van der Waals surface area contributed by atoms with E-state index in [0.29, 0.717) is 12.6 Å². The molecule has 2 aliphatic heterocycles. The number of benzene rings is 1. The predicted octanol–water partition coefficient (Wildman–Crippen LogP) is 2.92. The Balaban J connectivity index is 1.50. The van der Waals surface area contributed by atoms with Crippen LogP contribution >= 0.6 is 0 Å². The number of β-amino-alcohol motifs (C(OH)–C–C–N with tert-alkyl or cyclic N) is 1. The quantitative estimate of drug-likeness (QED) is 0.681. The van der Waals surface area contributed by atoms with Crippen molar-refractivity contribution < 1.29 is 19.3 Å². The summed E-state index contributed by atoms with van der Waals surface area (Å²) in [7, 11) is 3.43. The Morgan fingerprint density at radius 2 is 1.69 bits per heavy atom. The first-order chi connectivity index (χ1) is 14.2. The van der Waals surface area contributed by atoms with Gasteiger partial charge in [0, 0.05) is 33.3 Å². The lowest BCUT2D eigenvalue weighted by molar-refractivity contribution is 0.0151. The molecule has 2 saturated heterocycles. The Labute approximate surface area is 175 Å². The van der Waals surface area contributed by atoms with Crippen molar-refractivity contribution in [3.8, 4) is 11.5 Å². The minimum absolute atomic E-state index is 0.272. The number of methoxy groups -OCH3 is 2. The molecule has 0 spiro atoms. The van der Waals surface area contributed by atoms with E-state index in [1.165, 1.54) is 44.3 Å². The molecular formula is C23H38N2O4. The zero-order valence-electron chi connectivity index (χ0n) is 18.1. The number of aliphatic hydroxyl groups excluding tert-OH is 1. The van der Waals surface area contributed by atoms with Gasteiger partial charge in [-0.15, -0.1) is 0 Å². The third-order valence-electron chi connectivity index (χ3n) is 6.10. The van der Waals surface area contributed by atoms with Crippen LogP contribution in [0.15, 0.2) is 18.2 Å². The fourth-order valence-corrected chi connectivity index (χ4v) is 4.35. The number of aliphatic hydroxyl groups is 1. The van der Waals surface area contributed by atoms with Crippen molar-refractivity contribution in [3.63, 3.8) is 0 Å². The summed E-state index contributed by atoms with van der Waals surface area (Å²) in [5.41, 5.74) is 1.24. The van der Waals surface area contributed by atoms with Crippen LogP contribution in [0.1, 0.15) is 44.1 Å². The number of ether oxygens (including phenoxy) is 3. The molecule has 2 heterocycles. The van der Waals surface area contributed by atoms with Gasteiger partial charge in [0.2, 0.25) is 0 Å². The summed E-state index contributed by atoms with van der Waals surface area (Å²) in [5, 5.41) is 10.5. The van der Waals surface area contributed by atoms with Crippen LogP contribution in [-0.4, -0.2) is 80.7 Å². The van der Waals surface area contributed by atoms with E-state index >= 15 is 0 Å². The van der Waals surface area contributed by atoms with Gasteiger partial charge in [-0.2, -0.15) is 0 Å². The van der Waals surface area contributed by atoms with E-state index in [1.54, 1.807) is 14.2 Å². The molecule has 0 aliphatic carbocycles. The molecule has 29 heavy (non-hydrogen) atoms. The summed E-state index contributed by atoms with van der Waals surface area (Å²) in [4.78, 5) is 4.81. The second-order valence-electron chi connectivity index (χ2n) is 8.38. The van der Waals surface area contributed by atoms with Crippen LogP contribution in [0.2, 0.25) is 0 Å². The van der Waals surface area contributed by atoms with Gasteiger partial charge < -0.3 is 24.2 Å². The van der Waals surface area contributed by atoms with Crippen molar-refractivity contribution >= 4 is 0 Å². The standard InChI is InChI=1S/C23H38N2O4/c1-27-21-9-13-25(14-10-21)17-20(26)18-29-23-15-19(7-8-22(23)28-2)16-24-11-5-3-4-6-12-24/h7-8,15,20-21,26H,3-6,9-14,16-18H2,1-2H3. The monoisotopic (exact) mass is 406 g/mol. The first-order valence-electron chi connectivity index (χ1n) is 11.1. The minimum atomic E-state index is -0.520. The highest BCUT2D eigenvalue weighted by molar-refractivity contribution is 5.43. The Hall–Kier alpha value is -1.34. The van der Waals surface area contributed by atoms with Crippen molar-refractivity contribution in [2.75, 3.05) is 53.6 Å². The van der Waals surface area contributed by atoms with E-state index in [9.17, 15) is 5.11 Å². The van der Waals surface area contributed by atoms with Gasteiger partial charge in [-0.3, -0.25) is 4.90 Å². The molecule has 0 aromatic heterocycles. The molecule has 2 aliphatic rings. The van der Waals surface area contributed by atoms with Crippen molar-refractivity contribution in [1.82, 2.24) is 9.80 Å². The Morgan fingerprint density at radius 3 is 2.34 bits per heavy atom. The molecule has 6 heteroatoms. The normalized spacial score (nSPS) is 20.9. The van der Waals surface area contributed by atoms with Crippen molar-refractivity contribution in [2.24, 2.45) is 0 Å². The van der Waals surface area contributed by atoms with Gasteiger partial charge >= 0.3 is 0 Å². The molecule has 3 rings (SSSR count). The van der Waals surface area contributed by atoms with E-state index in [1.807, 2.05) is 6.07 Å². The first-order valence-corrected chi connectivity index (χ1v) is 11.1. The van der Waals surface area contributed by atoms with Gasteiger partial charge in [0.1, 0.15) is 12.7 Å². The van der Waals surface area contributed by atoms with Crippen LogP contribution in [0, 0.1) is 0 Å². The van der Waals surface area contributed by atoms with Gasteiger partial charge in [0.05, 0.1) is 13.2 Å². The van der Waals surface area contributed by atoms with Crippen molar-refractivity contribution in [3.05, 3.63) is 23.8 Å². The van der Waals surface area contributed by atoms with Crippen LogP contribution in [0.4, 0.5) is 0 Å². The highest BCUT2D eigenvalue weighted by atomic mass is 16.5. The average Bonchev–Trinajstić information content (AvgIpc) is 3.01. The molecule has 1 N–H and O–H groups in total. The van der Waals surface area contributed by atoms with Crippen molar-refractivity contribution in [1.29, 1.82) is 0 Å². The summed E-state index contributed by atoms with van der Waals surface area (Å²) in [6, 6.07) is 6.16. The Kier molecular flexibility index (Phi) is 9.05. The van der Waals surface area contributed by atoms with Crippen LogP contribution in [0.25, 0.3) is 0 Å². The van der Waals surface area contributed by atoms with E-state index < -0.39 is 6.10 Å². The number of nitrogens with zero attached hydrogens (tertiary/aromatic N) is 2. The third-order valence-corrected chi connectivity index (χ3v) is 6.10. The van der Waals surface area contributed by atoms with Crippen molar-refractivity contribution in [2.45, 2.75) is 57.3 Å². The average molecular weight is 407 g/mol. The summed E-state index contributed by atoms with van der Waals surface area (Å²) < 4.78 is 16.9. The van der Waals surface area contributed by atoms with Crippen LogP contribution in [0.3, 0.4) is 0 Å². The fraction of sp³-hybridized carbons (Fsp3) is 0.739. The lowest BCUT2D eigenvalue weighted by atomic mass is 10.1. The van der Waals surface area contributed by atoms with E-state index in [-0.39, 0.29) is 6.61 Å². The molecule has 0 amide bonds. The topological polar surface area (TPSA) is 54.4 Å². The number of hydrogen-bond donors (Lipinski definition) is 1. The van der Waals surface area contributed by atoms with Gasteiger partial charge in [-0.05, 0) is 56.5 Å². The molecular weight excluding hydrogens is 368 g/mol. The number of rotatable bonds is 9. The fourth-order valence-electron chi connectivity index (χ4n) is 4.35. The smallest absolute Gasteiger partial charge is 0.161 e. The first kappa shape index (κ1) is 22.3. The third kappa shape index (κ3) is 7.14. The minimum Gasteiger partial charge on any atom is -0.493 e. The predicted molar refractivity (Wildman–Crippen MR) is 115 cm³/mol. The molecule has 6 nitrogen and oxygen atoms in total. The van der Waals surface area contributed by atoms with E-state index in [4.69, 9.17) is 14.2 Å². The molecule has 164 valence electrons.